The van der Waals surface area contributed by atoms with Crippen LogP contribution in [0.15, 0.2) is 39.4 Å². The number of ether oxygens (including phenoxy) is 2. The number of likely N-dealkylation sites (N-methyl/N-ethyl adjacent to an activating group) is 1. The third-order valence-electron chi connectivity index (χ3n) is 3.10. The normalized spacial score (nSPS) is 10.0. The van der Waals surface area contributed by atoms with E-state index < -0.39 is 11.9 Å². The number of hydrogen-bond donors (Lipinski definition) is 0. The van der Waals surface area contributed by atoms with E-state index in [1.54, 1.807) is 13.0 Å². The van der Waals surface area contributed by atoms with Crippen LogP contribution in [-0.2, 0) is 4.79 Å². The van der Waals surface area contributed by atoms with E-state index in [0.29, 0.717) is 16.6 Å². The van der Waals surface area contributed by atoms with Gasteiger partial charge in [0.1, 0.15) is 6.54 Å². The Morgan fingerprint density at radius 1 is 1.40 bits per heavy atom. The largest absolute Gasteiger partial charge is 0.490 e. The molecule has 1 heterocycles. The quantitative estimate of drug-likeness (QED) is 0.540. The van der Waals surface area contributed by atoms with Gasteiger partial charge in [0, 0.05) is 13.1 Å². The fourth-order valence-electron chi connectivity index (χ4n) is 1.99. The summed E-state index contributed by atoms with van der Waals surface area (Å²) >= 11 is 3.26. The Labute approximate surface area is 152 Å². The van der Waals surface area contributed by atoms with Crippen molar-refractivity contribution in [2.24, 2.45) is 0 Å². The van der Waals surface area contributed by atoms with Gasteiger partial charge in [-0.05, 0) is 41.1 Å². The van der Waals surface area contributed by atoms with E-state index in [-0.39, 0.29) is 23.8 Å². The number of rotatable bonds is 6. The number of esters is 1. The molecule has 1 amide bonds. The minimum atomic E-state index is -0.659. The average Bonchev–Trinajstić information content (AvgIpc) is 3.11. The third kappa shape index (κ3) is 4.61. The summed E-state index contributed by atoms with van der Waals surface area (Å²) in [7, 11) is 1.46. The summed E-state index contributed by atoms with van der Waals surface area (Å²) < 4.78 is 16.2. The summed E-state index contributed by atoms with van der Waals surface area (Å²) in [6.45, 7) is 1.83. The molecule has 0 aliphatic heterocycles. The average molecular weight is 407 g/mol. The number of nitrogens with zero attached hydrogens (tertiary/aromatic N) is 2. The van der Waals surface area contributed by atoms with Gasteiger partial charge in [-0.2, -0.15) is 5.26 Å². The Hall–Kier alpha value is -2.79. The van der Waals surface area contributed by atoms with Gasteiger partial charge in [0.25, 0.3) is 5.91 Å². The Balaban J connectivity index is 2.12. The van der Waals surface area contributed by atoms with Gasteiger partial charge in [0.15, 0.2) is 17.3 Å². The molecule has 0 atom stereocenters. The lowest BCUT2D eigenvalue weighted by Crippen LogP contribution is -2.34. The second-order valence-corrected chi connectivity index (χ2v) is 5.80. The fourth-order valence-corrected chi connectivity index (χ4v) is 2.52. The highest BCUT2D eigenvalue weighted by Gasteiger charge is 2.21. The van der Waals surface area contributed by atoms with Crippen molar-refractivity contribution in [2.45, 2.75) is 6.92 Å². The fraction of sp³-hybridized carbons (Fsp3) is 0.235. The van der Waals surface area contributed by atoms with Crippen LogP contribution in [0, 0.1) is 11.3 Å². The van der Waals surface area contributed by atoms with Crippen LogP contribution < -0.4 is 9.47 Å². The van der Waals surface area contributed by atoms with E-state index in [1.807, 2.05) is 6.07 Å². The van der Waals surface area contributed by atoms with E-state index in [9.17, 15) is 9.59 Å². The van der Waals surface area contributed by atoms with Crippen LogP contribution in [0.1, 0.15) is 23.0 Å². The maximum Gasteiger partial charge on any atom is 0.331 e. The van der Waals surface area contributed by atoms with Crippen molar-refractivity contribution in [3.05, 3.63) is 46.3 Å². The zero-order chi connectivity index (χ0) is 18.4. The molecule has 2 aromatic rings. The van der Waals surface area contributed by atoms with Crippen molar-refractivity contribution in [1.29, 1.82) is 5.26 Å². The monoisotopic (exact) mass is 406 g/mol. The van der Waals surface area contributed by atoms with E-state index >= 15 is 0 Å². The predicted octanol–water partition coefficient (Wildman–Crippen LogP) is 2.99. The predicted molar refractivity (Wildman–Crippen MR) is 91.3 cm³/mol. The van der Waals surface area contributed by atoms with Crippen LogP contribution in [0.2, 0.25) is 0 Å². The number of carbonyl (C=O) groups is 2. The topological polar surface area (TPSA) is 92.8 Å². The number of furan rings is 1. The Kier molecular flexibility index (Phi) is 6.19. The minimum Gasteiger partial charge on any atom is -0.490 e. The highest BCUT2D eigenvalue weighted by molar-refractivity contribution is 9.10. The number of halogens is 1. The van der Waals surface area contributed by atoms with Crippen LogP contribution in [-0.4, -0.2) is 37.0 Å². The molecule has 0 saturated carbocycles. The summed E-state index contributed by atoms with van der Waals surface area (Å²) in [4.78, 5) is 25.4. The Morgan fingerprint density at radius 3 is 2.76 bits per heavy atom. The first-order valence-electron chi connectivity index (χ1n) is 7.32. The molecule has 25 heavy (non-hydrogen) atoms. The molecule has 0 radical (unpaired) electrons. The number of nitriles is 1. The highest BCUT2D eigenvalue weighted by Crippen LogP contribution is 2.36. The zero-order valence-corrected chi connectivity index (χ0v) is 15.2. The smallest absolute Gasteiger partial charge is 0.331 e. The lowest BCUT2D eigenvalue weighted by atomic mass is 10.2. The molecule has 0 spiro atoms. The molecule has 0 bridgehead atoms. The van der Waals surface area contributed by atoms with Gasteiger partial charge in [-0.3, -0.25) is 4.79 Å². The molecule has 7 nitrogen and oxygen atoms in total. The van der Waals surface area contributed by atoms with Gasteiger partial charge < -0.3 is 18.8 Å². The Bertz CT molecular complexity index is 811. The maximum absolute atomic E-state index is 12.2. The van der Waals surface area contributed by atoms with Crippen LogP contribution >= 0.6 is 15.9 Å². The minimum absolute atomic E-state index is 0.129. The lowest BCUT2D eigenvalue weighted by Gasteiger charge is -2.16. The van der Waals surface area contributed by atoms with Gasteiger partial charge in [0.2, 0.25) is 0 Å². The van der Waals surface area contributed by atoms with Crippen LogP contribution in [0.4, 0.5) is 0 Å². The van der Waals surface area contributed by atoms with Crippen molar-refractivity contribution in [3.8, 4) is 17.6 Å². The molecular weight excluding hydrogens is 392 g/mol. The molecule has 0 N–H and O–H groups in total. The summed E-state index contributed by atoms with van der Waals surface area (Å²) in [6.07, 6.45) is 1.38. The molecule has 0 aliphatic rings. The van der Waals surface area contributed by atoms with Crippen LogP contribution in [0.5, 0.6) is 11.5 Å². The van der Waals surface area contributed by atoms with Crippen molar-refractivity contribution in [1.82, 2.24) is 4.90 Å². The second kappa shape index (κ2) is 8.35. The summed E-state index contributed by atoms with van der Waals surface area (Å²) in [5, 5.41) is 9.01. The summed E-state index contributed by atoms with van der Waals surface area (Å²) in [5.74, 6) is -0.545. The zero-order valence-electron chi connectivity index (χ0n) is 13.6. The van der Waals surface area contributed by atoms with Gasteiger partial charge in [-0.25, -0.2) is 4.79 Å². The molecule has 1 aromatic heterocycles. The van der Waals surface area contributed by atoms with E-state index in [2.05, 4.69) is 15.9 Å². The van der Waals surface area contributed by atoms with Crippen molar-refractivity contribution < 1.29 is 23.5 Å². The Morgan fingerprint density at radius 2 is 2.16 bits per heavy atom. The SMILES string of the molecule is CCOc1cc(C#N)cc(Br)c1OC(=O)CN(C)C(=O)c1ccco1. The van der Waals surface area contributed by atoms with E-state index in [4.69, 9.17) is 19.2 Å². The maximum atomic E-state index is 12.2. The van der Waals surface area contributed by atoms with E-state index in [1.165, 1.54) is 36.4 Å². The molecule has 8 heteroatoms. The number of carbonyl (C=O) groups excluding carboxylic acids is 2. The van der Waals surface area contributed by atoms with Gasteiger partial charge in [-0.15, -0.1) is 0 Å². The van der Waals surface area contributed by atoms with Crippen molar-refractivity contribution >= 4 is 27.8 Å². The third-order valence-corrected chi connectivity index (χ3v) is 3.69. The van der Waals surface area contributed by atoms with Crippen LogP contribution in [0.3, 0.4) is 0 Å². The molecule has 0 unspecified atom stereocenters. The lowest BCUT2D eigenvalue weighted by molar-refractivity contribution is -0.135. The van der Waals surface area contributed by atoms with Gasteiger partial charge in [-0.1, -0.05) is 0 Å². The van der Waals surface area contributed by atoms with Crippen molar-refractivity contribution in [3.63, 3.8) is 0 Å². The first-order chi connectivity index (χ1) is 12.0. The number of amides is 1. The van der Waals surface area contributed by atoms with Gasteiger partial charge in [0.05, 0.1) is 29.0 Å². The molecule has 2 rings (SSSR count). The molecule has 0 fully saturated rings. The molecule has 1 aromatic carbocycles. The first kappa shape index (κ1) is 18.5. The summed E-state index contributed by atoms with van der Waals surface area (Å²) in [6, 6.07) is 8.09. The van der Waals surface area contributed by atoms with Crippen molar-refractivity contribution in [2.75, 3.05) is 20.2 Å². The molecule has 0 aliphatic carbocycles. The number of benzene rings is 1. The van der Waals surface area contributed by atoms with Gasteiger partial charge >= 0.3 is 5.97 Å². The molecule has 0 saturated heterocycles. The standard InChI is InChI=1S/C17H15BrN2O5/c1-3-23-14-8-11(9-19)7-12(18)16(14)25-15(21)10-20(2)17(22)13-5-4-6-24-13/h4-8H,3,10H2,1-2H3. The second-order valence-electron chi connectivity index (χ2n) is 4.94. The van der Waals surface area contributed by atoms with E-state index in [0.717, 1.165) is 0 Å². The van der Waals surface area contributed by atoms with Crippen LogP contribution in [0.25, 0.3) is 0 Å². The molecule has 130 valence electrons. The summed E-state index contributed by atoms with van der Waals surface area (Å²) in [5.41, 5.74) is 0.361. The first-order valence-corrected chi connectivity index (χ1v) is 8.11. The highest BCUT2D eigenvalue weighted by atomic mass is 79.9. The molecular formula is C17H15BrN2O5. The number of hydrogen-bond acceptors (Lipinski definition) is 6.